The van der Waals surface area contributed by atoms with Crippen LogP contribution >= 0.6 is 0 Å². The fourth-order valence-corrected chi connectivity index (χ4v) is 3.31. The van der Waals surface area contributed by atoms with E-state index in [4.69, 9.17) is 9.47 Å². The van der Waals surface area contributed by atoms with Gasteiger partial charge < -0.3 is 19.8 Å². The minimum Gasteiger partial charge on any atom is -0.497 e. The average molecular weight is 429 g/mol. The number of imidazole rings is 1. The predicted octanol–water partition coefficient (Wildman–Crippen LogP) is 4.65. The van der Waals surface area contributed by atoms with E-state index in [1.54, 1.807) is 25.3 Å². The van der Waals surface area contributed by atoms with E-state index < -0.39 is 11.9 Å². The molecular weight excluding hydrogens is 406 g/mol. The van der Waals surface area contributed by atoms with Crippen LogP contribution in [0.2, 0.25) is 0 Å². The Kier molecular flexibility index (Phi) is 5.89. The van der Waals surface area contributed by atoms with Crippen LogP contribution in [0.1, 0.15) is 21.5 Å². The lowest BCUT2D eigenvalue weighted by Gasteiger charge is -2.10. The molecule has 162 valence electrons. The molecule has 0 fully saturated rings. The molecule has 1 amide bonds. The maximum absolute atomic E-state index is 12.5. The van der Waals surface area contributed by atoms with E-state index in [-0.39, 0.29) is 6.61 Å². The van der Waals surface area contributed by atoms with Gasteiger partial charge in [-0.3, -0.25) is 4.79 Å². The number of anilines is 1. The number of hydrogen-bond donors (Lipinski definition) is 2. The zero-order chi connectivity index (χ0) is 22.7. The lowest BCUT2D eigenvalue weighted by Crippen LogP contribution is -2.21. The monoisotopic (exact) mass is 429 g/mol. The molecule has 1 heterocycles. The highest BCUT2D eigenvalue weighted by molar-refractivity contribution is 5.97. The second-order valence-corrected chi connectivity index (χ2v) is 7.42. The summed E-state index contributed by atoms with van der Waals surface area (Å²) in [6.45, 7) is 3.53. The van der Waals surface area contributed by atoms with Gasteiger partial charge in [0.25, 0.3) is 5.91 Å². The van der Waals surface area contributed by atoms with E-state index in [0.29, 0.717) is 22.6 Å². The number of hydrogen-bond acceptors (Lipinski definition) is 5. The van der Waals surface area contributed by atoms with Crippen molar-refractivity contribution in [2.45, 2.75) is 13.8 Å². The third-order valence-electron chi connectivity index (χ3n) is 5.29. The summed E-state index contributed by atoms with van der Waals surface area (Å²) in [6, 6.07) is 18.2. The molecule has 0 radical (unpaired) electrons. The molecule has 32 heavy (non-hydrogen) atoms. The van der Waals surface area contributed by atoms with Crippen molar-refractivity contribution in [2.24, 2.45) is 0 Å². The summed E-state index contributed by atoms with van der Waals surface area (Å²) in [5, 5.41) is 2.78. The average Bonchev–Trinajstić information content (AvgIpc) is 3.24. The Labute approximate surface area is 185 Å². The number of amides is 1. The van der Waals surface area contributed by atoms with Gasteiger partial charge in [0.15, 0.2) is 6.61 Å². The van der Waals surface area contributed by atoms with Crippen molar-refractivity contribution in [3.05, 3.63) is 77.4 Å². The zero-order valence-electron chi connectivity index (χ0n) is 18.1. The minimum absolute atomic E-state index is 0.335. The topological polar surface area (TPSA) is 93.3 Å². The van der Waals surface area contributed by atoms with Crippen LogP contribution in [0.15, 0.2) is 60.7 Å². The molecule has 0 atom stereocenters. The van der Waals surface area contributed by atoms with Crippen LogP contribution in [0.5, 0.6) is 5.75 Å². The molecule has 7 nitrogen and oxygen atoms in total. The van der Waals surface area contributed by atoms with Crippen molar-refractivity contribution in [2.75, 3.05) is 19.0 Å². The van der Waals surface area contributed by atoms with Gasteiger partial charge in [-0.15, -0.1) is 0 Å². The van der Waals surface area contributed by atoms with E-state index in [1.165, 1.54) is 0 Å². The lowest BCUT2D eigenvalue weighted by molar-refractivity contribution is -0.119. The SMILES string of the molecule is COc1ccc(-c2nc3ccc(C(=O)OCC(=O)Nc4cccc(C)c4C)cc3[nH]2)cc1. The molecule has 0 aliphatic carbocycles. The number of esters is 1. The lowest BCUT2D eigenvalue weighted by atomic mass is 10.1. The van der Waals surface area contributed by atoms with Gasteiger partial charge in [0.1, 0.15) is 11.6 Å². The summed E-state index contributed by atoms with van der Waals surface area (Å²) in [4.78, 5) is 32.5. The quantitative estimate of drug-likeness (QED) is 0.435. The number of nitrogens with zero attached hydrogens (tertiary/aromatic N) is 1. The number of methoxy groups -OCH3 is 1. The summed E-state index contributed by atoms with van der Waals surface area (Å²) in [6.07, 6.45) is 0. The molecule has 0 aliphatic rings. The first-order valence-electron chi connectivity index (χ1n) is 10.1. The van der Waals surface area contributed by atoms with Gasteiger partial charge in [0.05, 0.1) is 23.7 Å². The molecule has 0 aliphatic heterocycles. The van der Waals surface area contributed by atoms with Gasteiger partial charge in [0.2, 0.25) is 0 Å². The molecule has 4 aromatic rings. The number of benzene rings is 3. The molecule has 7 heteroatoms. The fraction of sp³-hybridized carbons (Fsp3) is 0.160. The van der Waals surface area contributed by atoms with Gasteiger partial charge in [-0.25, -0.2) is 9.78 Å². The van der Waals surface area contributed by atoms with Crippen LogP contribution in [0, 0.1) is 13.8 Å². The molecule has 0 saturated heterocycles. The number of H-pyrrole nitrogens is 1. The van der Waals surface area contributed by atoms with Crippen LogP contribution in [0.25, 0.3) is 22.4 Å². The molecule has 0 spiro atoms. The van der Waals surface area contributed by atoms with E-state index in [0.717, 1.165) is 28.0 Å². The number of ether oxygens (including phenoxy) is 2. The Hall–Kier alpha value is -4.13. The highest BCUT2D eigenvalue weighted by Gasteiger charge is 2.14. The normalized spacial score (nSPS) is 10.7. The van der Waals surface area contributed by atoms with E-state index >= 15 is 0 Å². The van der Waals surface area contributed by atoms with E-state index in [1.807, 2.05) is 56.3 Å². The number of aromatic amines is 1. The number of aryl methyl sites for hydroxylation is 1. The summed E-state index contributed by atoms with van der Waals surface area (Å²) < 4.78 is 10.4. The molecule has 0 saturated carbocycles. The molecule has 0 bridgehead atoms. The first-order chi connectivity index (χ1) is 15.4. The Morgan fingerprint density at radius 2 is 1.81 bits per heavy atom. The standard InChI is InChI=1S/C25H23N3O4/c1-15-5-4-6-20(16(15)2)26-23(29)14-32-25(30)18-9-12-21-22(13-18)28-24(27-21)17-7-10-19(31-3)11-8-17/h4-13H,14H2,1-3H3,(H,26,29)(H,27,28). The molecule has 3 aromatic carbocycles. The second kappa shape index (κ2) is 8.93. The predicted molar refractivity (Wildman–Crippen MR) is 123 cm³/mol. The van der Waals surface area contributed by atoms with Gasteiger partial charge in [-0.2, -0.15) is 0 Å². The summed E-state index contributed by atoms with van der Waals surface area (Å²) in [5.74, 6) is 0.470. The third kappa shape index (κ3) is 4.46. The van der Waals surface area contributed by atoms with Crippen molar-refractivity contribution >= 4 is 28.6 Å². The van der Waals surface area contributed by atoms with E-state index in [2.05, 4.69) is 15.3 Å². The zero-order valence-corrected chi connectivity index (χ0v) is 18.1. The second-order valence-electron chi connectivity index (χ2n) is 7.42. The third-order valence-corrected chi connectivity index (χ3v) is 5.29. The maximum atomic E-state index is 12.5. The van der Waals surface area contributed by atoms with Crippen LogP contribution in [0.4, 0.5) is 5.69 Å². The van der Waals surface area contributed by atoms with Crippen LogP contribution < -0.4 is 10.1 Å². The van der Waals surface area contributed by atoms with Crippen molar-refractivity contribution in [3.63, 3.8) is 0 Å². The van der Waals surface area contributed by atoms with Crippen molar-refractivity contribution < 1.29 is 19.1 Å². The molecule has 4 rings (SSSR count). The van der Waals surface area contributed by atoms with E-state index in [9.17, 15) is 9.59 Å². The molecule has 0 unspecified atom stereocenters. The van der Waals surface area contributed by atoms with Crippen molar-refractivity contribution in [1.29, 1.82) is 0 Å². The van der Waals surface area contributed by atoms with Gasteiger partial charge in [-0.1, -0.05) is 12.1 Å². The highest BCUT2D eigenvalue weighted by atomic mass is 16.5. The van der Waals surface area contributed by atoms with Crippen LogP contribution in [0.3, 0.4) is 0 Å². The number of aromatic nitrogens is 2. The molecule has 2 N–H and O–H groups in total. The fourth-order valence-electron chi connectivity index (χ4n) is 3.31. The van der Waals surface area contributed by atoms with Gasteiger partial charge in [0, 0.05) is 11.3 Å². The number of carbonyl (C=O) groups excluding carboxylic acids is 2. The number of nitrogens with one attached hydrogen (secondary N) is 2. The minimum atomic E-state index is -0.580. The van der Waals surface area contributed by atoms with Gasteiger partial charge >= 0.3 is 5.97 Å². The Bertz CT molecular complexity index is 1290. The Morgan fingerprint density at radius 1 is 1.03 bits per heavy atom. The van der Waals surface area contributed by atoms with Crippen molar-refractivity contribution in [3.8, 4) is 17.1 Å². The van der Waals surface area contributed by atoms with Crippen LogP contribution in [-0.2, 0) is 9.53 Å². The highest BCUT2D eigenvalue weighted by Crippen LogP contribution is 2.24. The van der Waals surface area contributed by atoms with Gasteiger partial charge in [-0.05, 0) is 73.5 Å². The first-order valence-corrected chi connectivity index (χ1v) is 10.1. The summed E-state index contributed by atoms with van der Waals surface area (Å²) in [5.41, 5.74) is 5.41. The number of carbonyl (C=O) groups is 2. The first kappa shape index (κ1) is 21.1. The molecular formula is C25H23N3O4. The number of rotatable bonds is 6. The number of fused-ring (bicyclic) bond motifs is 1. The van der Waals surface area contributed by atoms with Crippen molar-refractivity contribution in [1.82, 2.24) is 9.97 Å². The molecule has 1 aromatic heterocycles. The largest absolute Gasteiger partial charge is 0.497 e. The maximum Gasteiger partial charge on any atom is 0.338 e. The Balaban J connectivity index is 1.43. The van der Waals surface area contributed by atoms with Crippen LogP contribution in [-0.4, -0.2) is 35.6 Å². The Morgan fingerprint density at radius 3 is 2.56 bits per heavy atom. The smallest absolute Gasteiger partial charge is 0.338 e. The summed E-state index contributed by atoms with van der Waals surface area (Å²) in [7, 11) is 1.62. The summed E-state index contributed by atoms with van der Waals surface area (Å²) >= 11 is 0.